The molecular weight excluding hydrogens is 398 g/mol. The van der Waals surface area contributed by atoms with E-state index in [4.69, 9.17) is 4.74 Å². The van der Waals surface area contributed by atoms with E-state index in [-0.39, 0.29) is 18.0 Å². The molecule has 1 aliphatic heterocycles. The molecule has 1 aromatic heterocycles. The molecule has 2 heterocycles. The molecule has 2 amide bonds. The SMILES string of the molecule is CC(C)[C@H](NC(=O)OC(C)(C)C)c1ccc(C(=O)N2c3ccccc3C[C@H]2C(=O)O)[nH]1. The van der Waals surface area contributed by atoms with Crippen molar-refractivity contribution in [2.24, 2.45) is 5.92 Å². The summed E-state index contributed by atoms with van der Waals surface area (Å²) < 4.78 is 5.35. The third-order valence-electron chi connectivity index (χ3n) is 5.09. The molecule has 0 aliphatic carbocycles. The number of carbonyl (C=O) groups is 3. The summed E-state index contributed by atoms with van der Waals surface area (Å²) in [6.45, 7) is 9.25. The average molecular weight is 428 g/mol. The van der Waals surface area contributed by atoms with Gasteiger partial charge in [-0.3, -0.25) is 9.69 Å². The molecule has 0 spiro atoms. The first-order valence-corrected chi connectivity index (χ1v) is 10.3. The quantitative estimate of drug-likeness (QED) is 0.670. The van der Waals surface area contributed by atoms with E-state index in [0.717, 1.165) is 5.56 Å². The minimum absolute atomic E-state index is 0.0217. The minimum atomic E-state index is -1.05. The lowest BCUT2D eigenvalue weighted by Crippen LogP contribution is -2.43. The molecule has 1 aromatic carbocycles. The normalized spacial score (nSPS) is 16.7. The van der Waals surface area contributed by atoms with E-state index in [9.17, 15) is 19.5 Å². The number of hydrogen-bond acceptors (Lipinski definition) is 4. The number of hydrogen-bond donors (Lipinski definition) is 3. The number of rotatable bonds is 5. The Morgan fingerprint density at radius 3 is 2.45 bits per heavy atom. The molecule has 3 rings (SSSR count). The van der Waals surface area contributed by atoms with Crippen molar-refractivity contribution in [3.8, 4) is 0 Å². The molecule has 0 saturated heterocycles. The van der Waals surface area contributed by atoms with Crippen LogP contribution in [0.1, 0.15) is 62.4 Å². The van der Waals surface area contributed by atoms with E-state index in [1.807, 2.05) is 26.0 Å². The van der Waals surface area contributed by atoms with Crippen LogP contribution in [0.4, 0.5) is 10.5 Å². The van der Waals surface area contributed by atoms with Crippen molar-refractivity contribution in [2.45, 2.75) is 58.7 Å². The molecule has 0 radical (unpaired) electrons. The van der Waals surface area contributed by atoms with Crippen LogP contribution in [0.25, 0.3) is 0 Å². The number of benzene rings is 1. The van der Waals surface area contributed by atoms with Gasteiger partial charge < -0.3 is 20.1 Å². The summed E-state index contributed by atoms with van der Waals surface area (Å²) in [5.41, 5.74) is 1.69. The van der Waals surface area contributed by atoms with Crippen molar-refractivity contribution in [3.63, 3.8) is 0 Å². The van der Waals surface area contributed by atoms with Gasteiger partial charge in [0.1, 0.15) is 17.3 Å². The lowest BCUT2D eigenvalue weighted by atomic mass is 10.0. The maximum Gasteiger partial charge on any atom is 0.408 e. The number of H-pyrrole nitrogens is 1. The highest BCUT2D eigenvalue weighted by Gasteiger charge is 2.39. The molecule has 2 aromatic rings. The van der Waals surface area contributed by atoms with Gasteiger partial charge in [0, 0.05) is 17.8 Å². The second kappa shape index (κ2) is 8.45. The second-order valence-electron chi connectivity index (χ2n) is 9.06. The molecule has 0 saturated carbocycles. The third-order valence-corrected chi connectivity index (χ3v) is 5.09. The molecule has 3 N–H and O–H groups in total. The Bertz CT molecular complexity index is 989. The molecule has 8 heteroatoms. The van der Waals surface area contributed by atoms with Gasteiger partial charge in [-0.25, -0.2) is 9.59 Å². The zero-order chi connectivity index (χ0) is 22.9. The van der Waals surface area contributed by atoms with Crippen LogP contribution in [0.3, 0.4) is 0 Å². The van der Waals surface area contributed by atoms with Gasteiger partial charge in [0.05, 0.1) is 6.04 Å². The zero-order valence-corrected chi connectivity index (χ0v) is 18.4. The summed E-state index contributed by atoms with van der Waals surface area (Å²) in [5.74, 6) is -1.46. The van der Waals surface area contributed by atoms with Crippen LogP contribution in [-0.4, -0.2) is 39.7 Å². The summed E-state index contributed by atoms with van der Waals surface area (Å²) >= 11 is 0. The molecule has 0 fully saturated rings. The Morgan fingerprint density at radius 2 is 1.84 bits per heavy atom. The third kappa shape index (κ3) is 4.90. The summed E-state index contributed by atoms with van der Waals surface area (Å²) in [6, 6.07) is 9.17. The van der Waals surface area contributed by atoms with Crippen LogP contribution >= 0.6 is 0 Å². The minimum Gasteiger partial charge on any atom is -0.480 e. The second-order valence-corrected chi connectivity index (χ2v) is 9.06. The van der Waals surface area contributed by atoms with E-state index in [1.165, 1.54) is 4.90 Å². The largest absolute Gasteiger partial charge is 0.480 e. The monoisotopic (exact) mass is 427 g/mol. The lowest BCUT2D eigenvalue weighted by Gasteiger charge is -2.25. The first-order valence-electron chi connectivity index (χ1n) is 10.3. The van der Waals surface area contributed by atoms with Gasteiger partial charge in [0.2, 0.25) is 0 Å². The average Bonchev–Trinajstić information content (AvgIpc) is 3.29. The molecule has 2 atom stereocenters. The van der Waals surface area contributed by atoms with Crippen LogP contribution in [0, 0.1) is 5.92 Å². The van der Waals surface area contributed by atoms with Crippen molar-refractivity contribution >= 4 is 23.7 Å². The maximum atomic E-state index is 13.3. The summed E-state index contributed by atoms with van der Waals surface area (Å²) in [7, 11) is 0. The smallest absolute Gasteiger partial charge is 0.408 e. The summed E-state index contributed by atoms with van der Waals surface area (Å²) in [4.78, 5) is 41.7. The number of carboxylic acid groups (broad SMARTS) is 1. The Balaban J connectivity index is 1.85. The fraction of sp³-hybridized carbons (Fsp3) is 0.435. The van der Waals surface area contributed by atoms with Crippen LogP contribution in [0.2, 0.25) is 0 Å². The Labute approximate surface area is 181 Å². The molecule has 8 nitrogen and oxygen atoms in total. The van der Waals surface area contributed by atoms with Crippen LogP contribution < -0.4 is 10.2 Å². The van der Waals surface area contributed by atoms with Crippen LogP contribution in [-0.2, 0) is 16.0 Å². The number of aromatic nitrogens is 1. The number of fused-ring (bicyclic) bond motifs is 1. The highest BCUT2D eigenvalue weighted by atomic mass is 16.6. The number of carbonyl (C=O) groups excluding carboxylic acids is 2. The summed E-state index contributed by atoms with van der Waals surface area (Å²) in [6.07, 6.45) is -0.285. The first-order chi connectivity index (χ1) is 14.5. The number of aliphatic carboxylic acids is 1. The Hall–Kier alpha value is -3.29. The van der Waals surface area contributed by atoms with Gasteiger partial charge in [-0.2, -0.15) is 0 Å². The van der Waals surface area contributed by atoms with E-state index in [2.05, 4.69) is 10.3 Å². The Kier molecular flexibility index (Phi) is 6.10. The number of nitrogens with one attached hydrogen (secondary N) is 2. The van der Waals surface area contributed by atoms with E-state index in [0.29, 0.717) is 11.4 Å². The van der Waals surface area contributed by atoms with E-state index < -0.39 is 35.7 Å². The van der Waals surface area contributed by atoms with Gasteiger partial charge in [-0.05, 0) is 50.5 Å². The molecule has 166 valence electrons. The lowest BCUT2D eigenvalue weighted by molar-refractivity contribution is -0.138. The van der Waals surface area contributed by atoms with E-state index in [1.54, 1.807) is 45.0 Å². The molecule has 0 bridgehead atoms. The fourth-order valence-electron chi connectivity index (χ4n) is 3.72. The number of alkyl carbamates (subject to hydrolysis) is 1. The molecule has 0 unspecified atom stereocenters. The number of aromatic amines is 1. The van der Waals surface area contributed by atoms with Crippen molar-refractivity contribution in [2.75, 3.05) is 4.90 Å². The van der Waals surface area contributed by atoms with E-state index >= 15 is 0 Å². The standard InChI is InChI=1S/C23H29N3O5/c1-13(2)19(25-22(30)31-23(3,4)5)15-10-11-16(24-15)20(27)26-17-9-7-6-8-14(17)12-18(26)21(28)29/h6-11,13,18-19,24H,12H2,1-5H3,(H,25,30)(H,28,29)/t18-,19-/m0/s1. The highest BCUT2D eigenvalue weighted by Crippen LogP contribution is 2.33. The number of para-hydroxylation sites is 1. The number of carboxylic acids is 1. The van der Waals surface area contributed by atoms with Crippen molar-refractivity contribution in [1.82, 2.24) is 10.3 Å². The van der Waals surface area contributed by atoms with Gasteiger partial charge in [-0.15, -0.1) is 0 Å². The number of nitrogens with zero attached hydrogens (tertiary/aromatic N) is 1. The van der Waals surface area contributed by atoms with Gasteiger partial charge in [-0.1, -0.05) is 32.0 Å². The highest BCUT2D eigenvalue weighted by molar-refractivity contribution is 6.10. The van der Waals surface area contributed by atoms with Crippen LogP contribution in [0.15, 0.2) is 36.4 Å². The maximum absolute atomic E-state index is 13.3. The van der Waals surface area contributed by atoms with Crippen molar-refractivity contribution in [1.29, 1.82) is 0 Å². The zero-order valence-electron chi connectivity index (χ0n) is 18.4. The molecule has 1 aliphatic rings. The van der Waals surface area contributed by atoms with Crippen LogP contribution in [0.5, 0.6) is 0 Å². The van der Waals surface area contributed by atoms with Crippen molar-refractivity contribution < 1.29 is 24.2 Å². The number of anilines is 1. The fourth-order valence-corrected chi connectivity index (χ4v) is 3.72. The Morgan fingerprint density at radius 1 is 1.16 bits per heavy atom. The predicted octanol–water partition coefficient (Wildman–Crippen LogP) is 3.89. The van der Waals surface area contributed by atoms with Gasteiger partial charge in [0.25, 0.3) is 5.91 Å². The molecule has 31 heavy (non-hydrogen) atoms. The summed E-state index contributed by atoms with van der Waals surface area (Å²) in [5, 5.41) is 12.5. The van der Waals surface area contributed by atoms with Gasteiger partial charge >= 0.3 is 12.1 Å². The predicted molar refractivity (Wildman–Crippen MR) is 116 cm³/mol. The van der Waals surface area contributed by atoms with Crippen molar-refractivity contribution in [3.05, 3.63) is 53.3 Å². The molecular formula is C23H29N3O5. The first kappa shape index (κ1) is 22.4. The topological polar surface area (TPSA) is 112 Å². The number of amides is 2. The van der Waals surface area contributed by atoms with Gasteiger partial charge in [0.15, 0.2) is 0 Å². The number of ether oxygens (including phenoxy) is 1.